The van der Waals surface area contributed by atoms with Crippen molar-refractivity contribution in [2.45, 2.75) is 46.1 Å². The third kappa shape index (κ3) is 7.32. The number of aliphatic carboxylic acids is 1. The first-order valence-electron chi connectivity index (χ1n) is 7.72. The maximum absolute atomic E-state index is 11.9. The lowest BCUT2D eigenvalue weighted by atomic mass is 9.94. The van der Waals surface area contributed by atoms with Gasteiger partial charge in [-0.2, -0.15) is 0 Å². The van der Waals surface area contributed by atoms with Gasteiger partial charge < -0.3 is 20.5 Å². The van der Waals surface area contributed by atoms with Crippen LogP contribution in [0, 0.1) is 17.8 Å². The number of carboxylic acids is 1. The Morgan fingerprint density at radius 1 is 1.33 bits per heavy atom. The van der Waals surface area contributed by atoms with Crippen LogP contribution in [0.5, 0.6) is 0 Å². The average molecular weight is 300 g/mol. The summed E-state index contributed by atoms with van der Waals surface area (Å²) >= 11 is 0. The minimum Gasteiger partial charge on any atom is -0.481 e. The van der Waals surface area contributed by atoms with Crippen molar-refractivity contribution in [2.24, 2.45) is 17.8 Å². The molecule has 3 N–H and O–H groups in total. The number of carbonyl (C=O) groups excluding carboxylic acids is 1. The third-order valence-corrected chi connectivity index (χ3v) is 3.85. The van der Waals surface area contributed by atoms with Crippen LogP contribution >= 0.6 is 0 Å². The molecule has 122 valence electrons. The molecule has 3 atom stereocenters. The molecule has 6 heteroatoms. The van der Waals surface area contributed by atoms with Crippen LogP contribution in [0.2, 0.25) is 0 Å². The van der Waals surface area contributed by atoms with E-state index in [-0.39, 0.29) is 24.4 Å². The van der Waals surface area contributed by atoms with Crippen molar-refractivity contribution in [3.8, 4) is 0 Å². The molecule has 1 aliphatic rings. The van der Waals surface area contributed by atoms with Gasteiger partial charge in [0.1, 0.15) is 0 Å². The highest BCUT2D eigenvalue weighted by atomic mass is 16.5. The number of urea groups is 1. The minimum atomic E-state index is -0.820. The number of hydrogen-bond acceptors (Lipinski definition) is 3. The summed E-state index contributed by atoms with van der Waals surface area (Å²) < 4.78 is 5.31. The largest absolute Gasteiger partial charge is 0.481 e. The second kappa shape index (κ2) is 8.87. The van der Waals surface area contributed by atoms with Crippen molar-refractivity contribution in [2.75, 3.05) is 19.8 Å². The first kappa shape index (κ1) is 17.8. The Balaban J connectivity index is 2.32. The van der Waals surface area contributed by atoms with Gasteiger partial charge in [0.25, 0.3) is 0 Å². The Morgan fingerprint density at radius 2 is 2.05 bits per heavy atom. The molecule has 0 aromatic carbocycles. The van der Waals surface area contributed by atoms with Crippen molar-refractivity contribution >= 4 is 12.0 Å². The smallest absolute Gasteiger partial charge is 0.315 e. The van der Waals surface area contributed by atoms with E-state index in [1.807, 2.05) is 6.92 Å². The fourth-order valence-electron chi connectivity index (χ4n) is 2.71. The van der Waals surface area contributed by atoms with Crippen molar-refractivity contribution in [1.82, 2.24) is 10.6 Å². The number of nitrogens with one attached hydrogen (secondary N) is 2. The molecule has 1 aliphatic heterocycles. The maximum atomic E-state index is 11.9. The lowest BCUT2D eigenvalue weighted by molar-refractivity contribution is -0.138. The Kier molecular flexibility index (Phi) is 7.50. The van der Waals surface area contributed by atoms with Gasteiger partial charge in [-0.15, -0.1) is 0 Å². The van der Waals surface area contributed by atoms with E-state index >= 15 is 0 Å². The summed E-state index contributed by atoms with van der Waals surface area (Å²) in [6.45, 7) is 7.92. The van der Waals surface area contributed by atoms with Gasteiger partial charge in [0, 0.05) is 31.5 Å². The van der Waals surface area contributed by atoms with E-state index in [4.69, 9.17) is 9.84 Å². The molecule has 21 heavy (non-hydrogen) atoms. The molecule has 2 amide bonds. The number of carboxylic acid groups (broad SMARTS) is 1. The quantitative estimate of drug-likeness (QED) is 0.638. The highest BCUT2D eigenvalue weighted by molar-refractivity contribution is 5.74. The molecular weight excluding hydrogens is 272 g/mol. The highest BCUT2D eigenvalue weighted by Gasteiger charge is 2.24. The zero-order chi connectivity index (χ0) is 15.8. The lowest BCUT2D eigenvalue weighted by Gasteiger charge is -2.22. The standard InChI is InChI=1S/C15H28N2O4/c1-10(2)6-12(7-14(18)19)8-16-15(20)17-11(3)13-4-5-21-9-13/h10-13H,4-9H2,1-3H3,(H,18,19)(H2,16,17,20)/t11?,12-,13?/m0/s1. The zero-order valence-electron chi connectivity index (χ0n) is 13.2. The van der Waals surface area contributed by atoms with E-state index in [2.05, 4.69) is 24.5 Å². The van der Waals surface area contributed by atoms with Crippen molar-refractivity contribution in [3.63, 3.8) is 0 Å². The number of carbonyl (C=O) groups is 2. The molecule has 1 saturated heterocycles. The summed E-state index contributed by atoms with van der Waals surface area (Å²) in [6, 6.07) is -0.163. The van der Waals surface area contributed by atoms with Crippen LogP contribution in [0.3, 0.4) is 0 Å². The summed E-state index contributed by atoms with van der Waals surface area (Å²) in [5.41, 5.74) is 0. The number of rotatable bonds is 8. The Bertz CT molecular complexity index is 341. The second-order valence-corrected chi connectivity index (χ2v) is 6.36. The summed E-state index contributed by atoms with van der Waals surface area (Å²) in [7, 11) is 0. The molecule has 0 aromatic heterocycles. The van der Waals surface area contributed by atoms with E-state index in [0.29, 0.717) is 25.0 Å². The Hall–Kier alpha value is -1.30. The fourth-order valence-corrected chi connectivity index (χ4v) is 2.71. The molecule has 6 nitrogen and oxygen atoms in total. The average Bonchev–Trinajstić information content (AvgIpc) is 2.88. The van der Waals surface area contributed by atoms with E-state index < -0.39 is 5.97 Å². The van der Waals surface area contributed by atoms with Gasteiger partial charge >= 0.3 is 12.0 Å². The topological polar surface area (TPSA) is 87.7 Å². The highest BCUT2D eigenvalue weighted by Crippen LogP contribution is 2.17. The minimum absolute atomic E-state index is 0.0293. The molecule has 1 heterocycles. The Morgan fingerprint density at radius 3 is 2.57 bits per heavy atom. The SMILES string of the molecule is CC(C)C[C@H](CNC(=O)NC(C)C1CCOC1)CC(=O)O. The van der Waals surface area contributed by atoms with Crippen LogP contribution in [-0.4, -0.2) is 42.9 Å². The summed E-state index contributed by atoms with van der Waals surface area (Å²) in [5, 5.41) is 14.6. The molecule has 0 spiro atoms. The van der Waals surface area contributed by atoms with Crippen LogP contribution in [0.4, 0.5) is 4.79 Å². The van der Waals surface area contributed by atoms with Crippen molar-refractivity contribution in [3.05, 3.63) is 0 Å². The first-order valence-corrected chi connectivity index (χ1v) is 7.72. The molecule has 1 rings (SSSR count). The molecule has 0 radical (unpaired) electrons. The van der Waals surface area contributed by atoms with Gasteiger partial charge in [0.15, 0.2) is 0 Å². The molecule has 2 unspecified atom stereocenters. The monoisotopic (exact) mass is 300 g/mol. The summed E-state index contributed by atoms with van der Waals surface area (Å²) in [6.07, 6.45) is 1.85. The van der Waals surface area contributed by atoms with Crippen LogP contribution in [0.25, 0.3) is 0 Å². The molecule has 0 aliphatic carbocycles. The molecule has 0 saturated carbocycles. The van der Waals surface area contributed by atoms with Gasteiger partial charge in [-0.05, 0) is 31.6 Å². The van der Waals surface area contributed by atoms with E-state index in [1.165, 1.54) is 0 Å². The predicted octanol–water partition coefficient (Wildman–Crippen LogP) is 1.85. The maximum Gasteiger partial charge on any atom is 0.315 e. The third-order valence-electron chi connectivity index (χ3n) is 3.85. The normalized spacial score (nSPS) is 21.0. The van der Waals surface area contributed by atoms with Gasteiger partial charge in [-0.1, -0.05) is 13.8 Å². The molecule has 0 aromatic rings. The Labute approximate surface area is 126 Å². The summed E-state index contributed by atoms with van der Waals surface area (Å²) in [5.74, 6) is -0.0762. The van der Waals surface area contributed by atoms with E-state index in [1.54, 1.807) is 0 Å². The molecule has 1 fully saturated rings. The van der Waals surface area contributed by atoms with E-state index in [9.17, 15) is 9.59 Å². The van der Waals surface area contributed by atoms with Crippen LogP contribution < -0.4 is 10.6 Å². The second-order valence-electron chi connectivity index (χ2n) is 6.36. The summed E-state index contributed by atoms with van der Waals surface area (Å²) in [4.78, 5) is 22.7. The first-order chi connectivity index (χ1) is 9.88. The van der Waals surface area contributed by atoms with Crippen molar-refractivity contribution in [1.29, 1.82) is 0 Å². The predicted molar refractivity (Wildman–Crippen MR) is 80.1 cm³/mol. The van der Waals surface area contributed by atoms with Crippen LogP contribution in [0.1, 0.15) is 40.0 Å². The number of ether oxygens (including phenoxy) is 1. The number of hydrogen-bond donors (Lipinski definition) is 3. The fraction of sp³-hybridized carbons (Fsp3) is 0.867. The zero-order valence-corrected chi connectivity index (χ0v) is 13.2. The van der Waals surface area contributed by atoms with Gasteiger partial charge in [0.05, 0.1) is 6.61 Å². The lowest BCUT2D eigenvalue weighted by Crippen LogP contribution is -2.45. The van der Waals surface area contributed by atoms with E-state index in [0.717, 1.165) is 19.4 Å². The van der Waals surface area contributed by atoms with Gasteiger partial charge in [-0.3, -0.25) is 4.79 Å². The van der Waals surface area contributed by atoms with Gasteiger partial charge in [0.2, 0.25) is 0 Å². The van der Waals surface area contributed by atoms with Gasteiger partial charge in [-0.25, -0.2) is 4.79 Å². The van der Waals surface area contributed by atoms with Crippen LogP contribution in [0.15, 0.2) is 0 Å². The molecular formula is C15H28N2O4. The number of amides is 2. The van der Waals surface area contributed by atoms with Crippen LogP contribution in [-0.2, 0) is 9.53 Å². The van der Waals surface area contributed by atoms with Crippen molar-refractivity contribution < 1.29 is 19.4 Å². The molecule has 0 bridgehead atoms.